The predicted octanol–water partition coefficient (Wildman–Crippen LogP) is 4.05. The zero-order valence-electron chi connectivity index (χ0n) is 14.2. The second-order valence-electron chi connectivity index (χ2n) is 6.58. The van der Waals surface area contributed by atoms with Gasteiger partial charge in [0.25, 0.3) is 0 Å². The molecule has 0 radical (unpaired) electrons. The molecular formula is C19H27NO2. The third-order valence-corrected chi connectivity index (χ3v) is 3.92. The van der Waals surface area contributed by atoms with Gasteiger partial charge in [0.1, 0.15) is 18.1 Å². The van der Waals surface area contributed by atoms with Crippen molar-refractivity contribution >= 4 is 10.8 Å². The summed E-state index contributed by atoms with van der Waals surface area (Å²) >= 11 is 0. The quantitative estimate of drug-likeness (QED) is 0.817. The highest BCUT2D eigenvalue weighted by atomic mass is 16.5. The van der Waals surface area contributed by atoms with Crippen molar-refractivity contribution in [2.45, 2.75) is 52.4 Å². The smallest absolute Gasteiger partial charge is 0.150 e. The second-order valence-corrected chi connectivity index (χ2v) is 6.58. The van der Waals surface area contributed by atoms with Gasteiger partial charge in [-0.3, -0.25) is 4.90 Å². The van der Waals surface area contributed by atoms with Crippen molar-refractivity contribution < 1.29 is 9.84 Å². The molecule has 0 saturated heterocycles. The molecule has 1 atom stereocenters. The molecule has 2 rings (SSSR count). The molecule has 0 saturated carbocycles. The van der Waals surface area contributed by atoms with Crippen LogP contribution in [0, 0.1) is 0 Å². The summed E-state index contributed by atoms with van der Waals surface area (Å²) in [5, 5.41) is 13.1. The second kappa shape index (κ2) is 6.67. The van der Waals surface area contributed by atoms with E-state index in [1.165, 1.54) is 0 Å². The molecule has 22 heavy (non-hydrogen) atoms. The van der Waals surface area contributed by atoms with E-state index in [1.54, 1.807) is 0 Å². The standard InChI is InChI=1S/C19H27NO2/c1-14(2)20(15(3)4)19(5,21)13-22-18-12-8-10-16-9-6-7-11-17(16)18/h6-12,14-15,21H,13H2,1-5H3. The molecule has 0 bridgehead atoms. The molecule has 0 aliphatic rings. The molecular weight excluding hydrogens is 274 g/mol. The van der Waals surface area contributed by atoms with Crippen LogP contribution in [0.4, 0.5) is 0 Å². The Kier molecular flexibility index (Phi) is 5.09. The van der Waals surface area contributed by atoms with E-state index < -0.39 is 5.72 Å². The van der Waals surface area contributed by atoms with Crippen molar-refractivity contribution in [3.63, 3.8) is 0 Å². The Balaban J connectivity index is 2.20. The van der Waals surface area contributed by atoms with Crippen LogP contribution in [0.25, 0.3) is 10.8 Å². The van der Waals surface area contributed by atoms with Crippen molar-refractivity contribution in [3.05, 3.63) is 42.5 Å². The highest BCUT2D eigenvalue weighted by molar-refractivity contribution is 5.88. The van der Waals surface area contributed by atoms with Crippen LogP contribution in [0.15, 0.2) is 42.5 Å². The molecule has 1 N–H and O–H groups in total. The molecule has 0 aromatic heterocycles. The maximum Gasteiger partial charge on any atom is 0.150 e. The van der Waals surface area contributed by atoms with Gasteiger partial charge in [-0.15, -0.1) is 0 Å². The molecule has 3 heteroatoms. The monoisotopic (exact) mass is 301 g/mol. The van der Waals surface area contributed by atoms with Crippen LogP contribution in [0.2, 0.25) is 0 Å². The van der Waals surface area contributed by atoms with E-state index in [4.69, 9.17) is 4.74 Å². The van der Waals surface area contributed by atoms with E-state index in [0.29, 0.717) is 0 Å². The van der Waals surface area contributed by atoms with E-state index in [2.05, 4.69) is 44.7 Å². The molecule has 0 amide bonds. The molecule has 2 aromatic rings. The summed E-state index contributed by atoms with van der Waals surface area (Å²) in [4.78, 5) is 2.07. The Bertz CT molecular complexity index is 606. The lowest BCUT2D eigenvalue weighted by atomic mass is 10.1. The van der Waals surface area contributed by atoms with Crippen molar-refractivity contribution in [1.29, 1.82) is 0 Å². The minimum absolute atomic E-state index is 0.233. The minimum atomic E-state index is -1.01. The summed E-state index contributed by atoms with van der Waals surface area (Å²) in [6.45, 7) is 10.4. The summed E-state index contributed by atoms with van der Waals surface area (Å²) in [7, 11) is 0. The lowest BCUT2D eigenvalue weighted by Gasteiger charge is -2.42. The number of fused-ring (bicyclic) bond motifs is 1. The van der Waals surface area contributed by atoms with Crippen LogP contribution in [-0.4, -0.2) is 34.4 Å². The zero-order chi connectivity index (χ0) is 16.3. The third kappa shape index (κ3) is 3.60. The third-order valence-electron chi connectivity index (χ3n) is 3.92. The molecule has 0 heterocycles. The lowest BCUT2D eigenvalue weighted by Crippen LogP contribution is -2.56. The zero-order valence-corrected chi connectivity index (χ0v) is 14.2. The average Bonchev–Trinajstić information content (AvgIpc) is 2.43. The maximum absolute atomic E-state index is 10.8. The van der Waals surface area contributed by atoms with Gasteiger partial charge in [0.15, 0.2) is 0 Å². The summed E-state index contributed by atoms with van der Waals surface area (Å²) in [5.41, 5.74) is -1.01. The first-order chi connectivity index (χ1) is 10.3. The van der Waals surface area contributed by atoms with Crippen molar-refractivity contribution in [2.75, 3.05) is 6.61 Å². The van der Waals surface area contributed by atoms with Gasteiger partial charge in [0.2, 0.25) is 0 Å². The SMILES string of the molecule is CC(C)N(C(C)C)C(C)(O)COc1cccc2ccccc12. The van der Waals surface area contributed by atoms with Crippen molar-refractivity contribution in [3.8, 4) is 5.75 Å². The maximum atomic E-state index is 10.8. The van der Waals surface area contributed by atoms with Crippen LogP contribution >= 0.6 is 0 Å². The fraction of sp³-hybridized carbons (Fsp3) is 0.474. The summed E-state index contributed by atoms with van der Waals surface area (Å²) in [6.07, 6.45) is 0. The van der Waals surface area contributed by atoms with Crippen molar-refractivity contribution in [1.82, 2.24) is 4.90 Å². The molecule has 1 unspecified atom stereocenters. The van der Waals surface area contributed by atoms with E-state index >= 15 is 0 Å². The van der Waals surface area contributed by atoms with Gasteiger partial charge in [-0.1, -0.05) is 36.4 Å². The van der Waals surface area contributed by atoms with Crippen molar-refractivity contribution in [2.24, 2.45) is 0 Å². The van der Waals surface area contributed by atoms with Gasteiger partial charge in [-0.05, 0) is 46.1 Å². The first-order valence-corrected chi connectivity index (χ1v) is 7.94. The Hall–Kier alpha value is -1.58. The lowest BCUT2D eigenvalue weighted by molar-refractivity contribution is -0.145. The molecule has 120 valence electrons. The number of nitrogens with zero attached hydrogens (tertiary/aromatic N) is 1. The molecule has 2 aromatic carbocycles. The normalized spacial score (nSPS) is 14.8. The molecule has 0 spiro atoms. The minimum Gasteiger partial charge on any atom is -0.488 e. The van der Waals surface area contributed by atoms with E-state index in [0.717, 1.165) is 16.5 Å². The summed E-state index contributed by atoms with van der Waals surface area (Å²) in [6, 6.07) is 14.6. The van der Waals surface area contributed by atoms with Gasteiger partial charge >= 0.3 is 0 Å². The van der Waals surface area contributed by atoms with Crippen LogP contribution in [0.5, 0.6) is 5.75 Å². The number of hydrogen-bond donors (Lipinski definition) is 1. The molecule has 0 aliphatic carbocycles. The van der Waals surface area contributed by atoms with E-state index in [9.17, 15) is 5.11 Å². The largest absolute Gasteiger partial charge is 0.488 e. The van der Waals surface area contributed by atoms with Gasteiger partial charge in [0, 0.05) is 17.5 Å². The van der Waals surface area contributed by atoms with Gasteiger partial charge in [-0.2, -0.15) is 0 Å². The first kappa shape index (κ1) is 16.8. The number of aliphatic hydroxyl groups is 1. The fourth-order valence-electron chi connectivity index (χ4n) is 3.32. The Morgan fingerprint density at radius 1 is 1.00 bits per heavy atom. The number of ether oxygens (including phenoxy) is 1. The summed E-state index contributed by atoms with van der Waals surface area (Å²) < 4.78 is 5.97. The van der Waals surface area contributed by atoms with Gasteiger partial charge < -0.3 is 9.84 Å². The van der Waals surface area contributed by atoms with Crippen LogP contribution in [0.1, 0.15) is 34.6 Å². The Morgan fingerprint density at radius 3 is 2.23 bits per heavy atom. The average molecular weight is 301 g/mol. The first-order valence-electron chi connectivity index (χ1n) is 7.94. The number of rotatable bonds is 6. The van der Waals surface area contributed by atoms with Crippen LogP contribution < -0.4 is 4.74 Å². The number of hydrogen-bond acceptors (Lipinski definition) is 3. The van der Waals surface area contributed by atoms with E-state index in [-0.39, 0.29) is 18.7 Å². The highest BCUT2D eigenvalue weighted by Gasteiger charge is 2.34. The fourth-order valence-corrected chi connectivity index (χ4v) is 3.32. The molecule has 0 aliphatic heterocycles. The topological polar surface area (TPSA) is 32.7 Å². The Labute approximate surface area is 133 Å². The van der Waals surface area contributed by atoms with Gasteiger partial charge in [0.05, 0.1) is 0 Å². The van der Waals surface area contributed by atoms with Crippen LogP contribution in [0.3, 0.4) is 0 Å². The molecule has 3 nitrogen and oxygen atoms in total. The van der Waals surface area contributed by atoms with Crippen LogP contribution in [-0.2, 0) is 0 Å². The summed E-state index contributed by atoms with van der Waals surface area (Å²) in [5.74, 6) is 0.811. The predicted molar refractivity (Wildman–Crippen MR) is 92.2 cm³/mol. The Morgan fingerprint density at radius 2 is 1.59 bits per heavy atom. The number of benzene rings is 2. The highest BCUT2D eigenvalue weighted by Crippen LogP contribution is 2.27. The molecule has 0 fully saturated rings. The van der Waals surface area contributed by atoms with E-state index in [1.807, 2.05) is 37.3 Å². The van der Waals surface area contributed by atoms with Gasteiger partial charge in [-0.25, -0.2) is 0 Å².